The van der Waals surface area contributed by atoms with Gasteiger partial charge in [0.15, 0.2) is 0 Å². The molecule has 0 spiro atoms. The third-order valence-electron chi connectivity index (χ3n) is 2.93. The summed E-state index contributed by atoms with van der Waals surface area (Å²) in [4.78, 5) is 12.0. The number of ketones is 1. The average Bonchev–Trinajstić information content (AvgIpc) is 2.20. The lowest BCUT2D eigenvalue weighted by Crippen LogP contribution is -2.15. The zero-order chi connectivity index (χ0) is 14.6. The lowest BCUT2D eigenvalue weighted by Gasteiger charge is -2.22. The van der Waals surface area contributed by atoms with Gasteiger partial charge in [0.25, 0.3) is 0 Å². The van der Waals surface area contributed by atoms with Crippen molar-refractivity contribution in [1.82, 2.24) is 0 Å². The van der Waals surface area contributed by atoms with Crippen LogP contribution in [0.5, 0.6) is 0 Å². The number of rotatable bonds is 5. The van der Waals surface area contributed by atoms with Gasteiger partial charge >= 0.3 is 0 Å². The Balaban J connectivity index is 2.58. The van der Waals surface area contributed by atoms with Gasteiger partial charge in [0, 0.05) is 17.3 Å². The van der Waals surface area contributed by atoms with Crippen LogP contribution in [0.4, 0.5) is 4.39 Å². The molecule has 0 aliphatic carbocycles. The number of hydrogen-bond acceptors (Lipinski definition) is 1. The van der Waals surface area contributed by atoms with Crippen LogP contribution in [0.2, 0.25) is 0 Å². The molecular formula is C16H22BrFO. The second kappa shape index (κ2) is 6.65. The molecule has 1 unspecified atom stereocenters. The van der Waals surface area contributed by atoms with Crippen LogP contribution >= 0.6 is 15.9 Å². The molecule has 1 nitrogen and oxygen atoms in total. The third-order valence-corrected chi connectivity index (χ3v) is 3.71. The molecule has 0 aliphatic heterocycles. The highest BCUT2D eigenvalue weighted by Gasteiger charge is 2.18. The van der Waals surface area contributed by atoms with E-state index in [2.05, 4.69) is 43.6 Å². The summed E-state index contributed by atoms with van der Waals surface area (Å²) in [6.07, 6.45) is 1.87. The quantitative estimate of drug-likeness (QED) is 0.729. The number of carbonyl (C=O) groups is 1. The summed E-state index contributed by atoms with van der Waals surface area (Å²) in [6, 6.07) is 4.47. The fourth-order valence-corrected chi connectivity index (χ4v) is 2.86. The largest absolute Gasteiger partial charge is 0.299 e. The van der Waals surface area contributed by atoms with Crippen LogP contribution in [-0.2, 0) is 11.2 Å². The molecule has 1 aromatic carbocycles. The number of hydrogen-bond donors (Lipinski definition) is 0. The standard InChI is InChI=1S/C16H22BrFO/c1-11(10-16(2,3)4)7-14(19)9-12-8-13(18)5-6-15(12)17/h5-6,8,11H,7,9-10H2,1-4H3. The van der Waals surface area contributed by atoms with E-state index in [4.69, 9.17) is 0 Å². The van der Waals surface area contributed by atoms with Gasteiger partial charge in [-0.25, -0.2) is 4.39 Å². The maximum Gasteiger partial charge on any atom is 0.137 e. The minimum absolute atomic E-state index is 0.169. The number of halogens is 2. The second-order valence-corrected chi connectivity index (χ2v) is 7.38. The van der Waals surface area contributed by atoms with Crippen LogP contribution in [0, 0.1) is 17.2 Å². The van der Waals surface area contributed by atoms with Gasteiger partial charge in [-0.2, -0.15) is 0 Å². The maximum atomic E-state index is 13.2. The van der Waals surface area contributed by atoms with Crippen molar-refractivity contribution in [2.75, 3.05) is 0 Å². The van der Waals surface area contributed by atoms with Crippen LogP contribution in [-0.4, -0.2) is 5.78 Å². The van der Waals surface area contributed by atoms with E-state index in [1.165, 1.54) is 12.1 Å². The summed E-state index contributed by atoms with van der Waals surface area (Å²) < 4.78 is 13.9. The molecule has 3 heteroatoms. The molecule has 0 aliphatic rings. The fourth-order valence-electron chi connectivity index (χ4n) is 2.47. The summed E-state index contributed by atoms with van der Waals surface area (Å²) in [6.45, 7) is 8.63. The molecule has 0 bridgehead atoms. The Morgan fingerprint density at radius 3 is 2.58 bits per heavy atom. The van der Waals surface area contributed by atoms with Gasteiger partial charge < -0.3 is 0 Å². The van der Waals surface area contributed by atoms with Crippen molar-refractivity contribution < 1.29 is 9.18 Å². The van der Waals surface area contributed by atoms with E-state index < -0.39 is 0 Å². The summed E-state index contributed by atoms with van der Waals surface area (Å²) in [5.74, 6) is 0.233. The molecule has 106 valence electrons. The van der Waals surface area contributed by atoms with E-state index >= 15 is 0 Å². The Labute approximate surface area is 123 Å². The predicted molar refractivity (Wildman–Crippen MR) is 80.7 cm³/mol. The third kappa shape index (κ3) is 6.33. The van der Waals surface area contributed by atoms with Crippen molar-refractivity contribution in [2.45, 2.75) is 47.0 Å². The second-order valence-electron chi connectivity index (χ2n) is 6.53. The molecule has 0 N–H and O–H groups in total. The van der Waals surface area contributed by atoms with Crippen LogP contribution < -0.4 is 0 Å². The topological polar surface area (TPSA) is 17.1 Å². The minimum atomic E-state index is -0.297. The van der Waals surface area contributed by atoms with E-state index in [0.29, 0.717) is 18.8 Å². The van der Waals surface area contributed by atoms with Crippen molar-refractivity contribution in [3.05, 3.63) is 34.1 Å². The van der Waals surface area contributed by atoms with Gasteiger partial charge in [-0.15, -0.1) is 0 Å². The van der Waals surface area contributed by atoms with E-state index in [-0.39, 0.29) is 17.0 Å². The molecule has 1 atom stereocenters. The highest BCUT2D eigenvalue weighted by Crippen LogP contribution is 2.27. The van der Waals surface area contributed by atoms with Crippen molar-refractivity contribution in [3.63, 3.8) is 0 Å². The van der Waals surface area contributed by atoms with Gasteiger partial charge in [-0.05, 0) is 41.5 Å². The van der Waals surface area contributed by atoms with Crippen molar-refractivity contribution in [1.29, 1.82) is 0 Å². The van der Waals surface area contributed by atoms with Crippen LogP contribution in [0.1, 0.15) is 46.1 Å². The molecule has 0 heterocycles. The van der Waals surface area contributed by atoms with Gasteiger partial charge in [0.2, 0.25) is 0 Å². The Bertz CT molecular complexity index is 449. The summed E-state index contributed by atoms with van der Waals surface area (Å²) in [5.41, 5.74) is 0.965. The molecule has 19 heavy (non-hydrogen) atoms. The molecule has 1 aromatic rings. The lowest BCUT2D eigenvalue weighted by atomic mass is 9.83. The highest BCUT2D eigenvalue weighted by molar-refractivity contribution is 9.10. The van der Waals surface area contributed by atoms with Gasteiger partial charge in [-0.1, -0.05) is 43.6 Å². The Morgan fingerprint density at radius 2 is 2.00 bits per heavy atom. The first kappa shape index (κ1) is 16.4. The fraction of sp³-hybridized carbons (Fsp3) is 0.562. The highest BCUT2D eigenvalue weighted by atomic mass is 79.9. The zero-order valence-corrected chi connectivity index (χ0v) is 13.7. The summed E-state index contributed by atoms with van der Waals surface area (Å²) in [5, 5.41) is 0. The summed E-state index contributed by atoms with van der Waals surface area (Å²) >= 11 is 3.36. The van der Waals surface area contributed by atoms with E-state index in [0.717, 1.165) is 16.5 Å². The Morgan fingerprint density at radius 1 is 1.37 bits per heavy atom. The summed E-state index contributed by atoms with van der Waals surface area (Å²) in [7, 11) is 0. The molecular weight excluding hydrogens is 307 g/mol. The molecule has 0 fully saturated rings. The lowest BCUT2D eigenvalue weighted by molar-refractivity contribution is -0.119. The first-order valence-electron chi connectivity index (χ1n) is 6.63. The smallest absolute Gasteiger partial charge is 0.137 e. The number of Topliss-reactive ketones (excluding diaryl/α,β-unsaturated/α-hetero) is 1. The molecule has 0 saturated carbocycles. The van der Waals surface area contributed by atoms with E-state index in [1.54, 1.807) is 6.07 Å². The molecule has 0 saturated heterocycles. The van der Waals surface area contributed by atoms with Crippen LogP contribution in [0.3, 0.4) is 0 Å². The SMILES string of the molecule is CC(CC(=O)Cc1cc(F)ccc1Br)CC(C)(C)C. The normalized spacial score (nSPS) is 13.4. The van der Waals surface area contributed by atoms with Gasteiger partial charge in [-0.3, -0.25) is 4.79 Å². The van der Waals surface area contributed by atoms with Crippen molar-refractivity contribution in [3.8, 4) is 0 Å². The van der Waals surface area contributed by atoms with Gasteiger partial charge in [0.1, 0.15) is 11.6 Å². The van der Waals surface area contributed by atoms with Crippen LogP contribution in [0.25, 0.3) is 0 Å². The van der Waals surface area contributed by atoms with E-state index in [9.17, 15) is 9.18 Å². The zero-order valence-electron chi connectivity index (χ0n) is 12.1. The van der Waals surface area contributed by atoms with Crippen molar-refractivity contribution >= 4 is 21.7 Å². The van der Waals surface area contributed by atoms with E-state index in [1.807, 2.05) is 0 Å². The number of carbonyl (C=O) groups excluding carboxylic acids is 1. The van der Waals surface area contributed by atoms with Crippen LogP contribution in [0.15, 0.2) is 22.7 Å². The predicted octanol–water partition coefficient (Wildman–Crippen LogP) is 5.16. The molecule has 0 radical (unpaired) electrons. The molecule has 1 rings (SSSR count). The Hall–Kier alpha value is -0.700. The first-order valence-corrected chi connectivity index (χ1v) is 7.42. The monoisotopic (exact) mass is 328 g/mol. The first-order chi connectivity index (χ1) is 8.67. The Kier molecular flexibility index (Phi) is 5.72. The van der Waals surface area contributed by atoms with Crippen molar-refractivity contribution in [2.24, 2.45) is 11.3 Å². The molecule has 0 amide bonds. The minimum Gasteiger partial charge on any atom is -0.299 e. The average molecular weight is 329 g/mol. The van der Waals surface area contributed by atoms with Gasteiger partial charge in [0.05, 0.1) is 0 Å². The number of benzene rings is 1. The molecule has 0 aromatic heterocycles. The maximum absolute atomic E-state index is 13.2.